The van der Waals surface area contributed by atoms with Gasteiger partial charge in [0.2, 0.25) is 0 Å². The molecule has 1 spiro atoms. The van der Waals surface area contributed by atoms with Crippen LogP contribution in [0.25, 0.3) is 0 Å². The first-order valence-corrected chi connectivity index (χ1v) is 9.23. The summed E-state index contributed by atoms with van der Waals surface area (Å²) >= 11 is 0. The zero-order valence-corrected chi connectivity index (χ0v) is 14.2. The van der Waals surface area contributed by atoms with Gasteiger partial charge >= 0.3 is 5.97 Å². The van der Waals surface area contributed by atoms with Gasteiger partial charge in [-0.15, -0.1) is 0 Å². The minimum Gasteiger partial charge on any atom is -0.462 e. The molecule has 130 valence electrons. The van der Waals surface area contributed by atoms with Gasteiger partial charge < -0.3 is 14.9 Å². The summed E-state index contributed by atoms with van der Waals surface area (Å²) < 4.78 is 5.70. The number of piperidine rings is 2. The molecular weight excluding hydrogens is 294 g/mol. The number of rotatable bonds is 1. The summed E-state index contributed by atoms with van der Waals surface area (Å²) in [5.74, 6) is -0.0606. The predicted molar refractivity (Wildman–Crippen MR) is 84.7 cm³/mol. The molecule has 1 unspecified atom stereocenters. The number of aliphatic hydroxyl groups is 2. The Morgan fingerprint density at radius 3 is 2.74 bits per heavy atom. The summed E-state index contributed by atoms with van der Waals surface area (Å²) in [6.07, 6.45) is 4.59. The first-order valence-electron chi connectivity index (χ1n) is 9.23. The molecule has 2 aliphatic heterocycles. The maximum Gasteiger partial charge on any atom is 0.302 e. The molecule has 0 aromatic heterocycles. The number of carbonyl (C=O) groups excluding carboxylic acids is 1. The average molecular weight is 323 g/mol. The Morgan fingerprint density at radius 1 is 1.26 bits per heavy atom. The zero-order valence-electron chi connectivity index (χ0n) is 14.2. The predicted octanol–water partition coefficient (Wildman–Crippen LogP) is 1.31. The highest BCUT2D eigenvalue weighted by molar-refractivity contribution is 5.66. The van der Waals surface area contributed by atoms with Crippen molar-refractivity contribution in [3.63, 3.8) is 0 Å². The maximum atomic E-state index is 11.8. The normalized spacial score (nSPS) is 52.6. The van der Waals surface area contributed by atoms with Crippen LogP contribution in [0.3, 0.4) is 0 Å². The Labute approximate surface area is 138 Å². The van der Waals surface area contributed by atoms with Crippen molar-refractivity contribution in [3.05, 3.63) is 0 Å². The summed E-state index contributed by atoms with van der Waals surface area (Å²) in [6.45, 7) is 5.60. The lowest BCUT2D eigenvalue weighted by molar-refractivity contribution is -0.301. The largest absolute Gasteiger partial charge is 0.462 e. The number of ether oxygens (including phenoxy) is 1. The lowest BCUT2D eigenvalue weighted by atomic mass is 9.45. The molecule has 4 aliphatic rings. The van der Waals surface area contributed by atoms with Gasteiger partial charge in [0, 0.05) is 18.8 Å². The SMILES string of the molecule is CC(=O)O[C@@H]1C[C@@H]2C(O)[C@@H](C)C[C@@]34[C@@H]1CCCN3CCC[C@]24O. The van der Waals surface area contributed by atoms with Gasteiger partial charge in [-0.3, -0.25) is 9.69 Å². The van der Waals surface area contributed by atoms with E-state index in [4.69, 9.17) is 4.74 Å². The highest BCUT2D eigenvalue weighted by Crippen LogP contribution is 2.62. The number of hydrogen-bond acceptors (Lipinski definition) is 5. The summed E-state index contributed by atoms with van der Waals surface area (Å²) in [5, 5.41) is 22.6. The number of aliphatic hydroxyl groups excluding tert-OH is 1. The fourth-order valence-electron chi connectivity index (χ4n) is 6.68. The summed E-state index contributed by atoms with van der Waals surface area (Å²) in [5.41, 5.74) is -1.15. The van der Waals surface area contributed by atoms with Gasteiger partial charge in [0.15, 0.2) is 0 Å². The second kappa shape index (κ2) is 5.17. The number of nitrogens with zero attached hydrogens (tertiary/aromatic N) is 1. The van der Waals surface area contributed by atoms with Gasteiger partial charge in [-0.2, -0.15) is 0 Å². The molecule has 4 rings (SSSR count). The monoisotopic (exact) mass is 323 g/mol. The van der Waals surface area contributed by atoms with E-state index >= 15 is 0 Å². The number of hydrogen-bond donors (Lipinski definition) is 2. The molecule has 5 nitrogen and oxygen atoms in total. The molecule has 2 saturated carbocycles. The number of carbonyl (C=O) groups is 1. The second-order valence-electron chi connectivity index (χ2n) is 8.35. The quantitative estimate of drug-likeness (QED) is 0.712. The fraction of sp³-hybridized carbons (Fsp3) is 0.944. The van der Waals surface area contributed by atoms with Gasteiger partial charge in [-0.05, 0) is 57.5 Å². The molecule has 2 bridgehead atoms. The Bertz CT molecular complexity index is 509. The van der Waals surface area contributed by atoms with Crippen molar-refractivity contribution in [2.45, 2.75) is 75.7 Å². The lowest BCUT2D eigenvalue weighted by Gasteiger charge is -2.72. The van der Waals surface area contributed by atoms with Crippen molar-refractivity contribution in [1.82, 2.24) is 4.90 Å². The average Bonchev–Trinajstić information content (AvgIpc) is 2.48. The first kappa shape index (κ1) is 15.9. The van der Waals surface area contributed by atoms with Gasteiger partial charge in [0.05, 0.1) is 17.2 Å². The topological polar surface area (TPSA) is 70.0 Å². The van der Waals surface area contributed by atoms with Crippen LogP contribution in [0.2, 0.25) is 0 Å². The first-order chi connectivity index (χ1) is 10.9. The van der Waals surface area contributed by atoms with Crippen molar-refractivity contribution in [3.8, 4) is 0 Å². The van der Waals surface area contributed by atoms with Crippen molar-refractivity contribution >= 4 is 5.97 Å². The lowest BCUT2D eigenvalue weighted by Crippen LogP contribution is -2.82. The third-order valence-electron chi connectivity index (χ3n) is 7.35. The van der Waals surface area contributed by atoms with E-state index in [-0.39, 0.29) is 35.4 Å². The molecule has 0 amide bonds. The Balaban J connectivity index is 1.83. The van der Waals surface area contributed by atoms with Gasteiger partial charge in [-0.1, -0.05) is 6.92 Å². The van der Waals surface area contributed by atoms with E-state index < -0.39 is 11.7 Å². The van der Waals surface area contributed by atoms with Crippen LogP contribution in [-0.4, -0.2) is 57.5 Å². The maximum absolute atomic E-state index is 11.8. The molecule has 23 heavy (non-hydrogen) atoms. The van der Waals surface area contributed by atoms with E-state index in [0.717, 1.165) is 45.2 Å². The molecule has 7 atom stereocenters. The third kappa shape index (κ3) is 1.93. The van der Waals surface area contributed by atoms with Crippen LogP contribution in [0.5, 0.6) is 0 Å². The van der Waals surface area contributed by atoms with Crippen molar-refractivity contribution < 1.29 is 19.7 Å². The van der Waals surface area contributed by atoms with Crippen molar-refractivity contribution in [1.29, 1.82) is 0 Å². The van der Waals surface area contributed by atoms with E-state index in [9.17, 15) is 15.0 Å². The fourth-order valence-corrected chi connectivity index (χ4v) is 6.68. The van der Waals surface area contributed by atoms with Crippen molar-refractivity contribution in [2.75, 3.05) is 13.1 Å². The number of esters is 1. The highest BCUT2D eigenvalue weighted by Gasteiger charge is 2.72. The van der Waals surface area contributed by atoms with Crippen LogP contribution in [-0.2, 0) is 9.53 Å². The van der Waals surface area contributed by atoms with Crippen LogP contribution >= 0.6 is 0 Å². The highest BCUT2D eigenvalue weighted by atomic mass is 16.5. The van der Waals surface area contributed by atoms with E-state index in [1.807, 2.05) is 0 Å². The molecule has 0 radical (unpaired) electrons. The molecule has 0 aromatic carbocycles. The standard InChI is InChI=1S/C18H29NO4/c1-11-10-17-13-5-3-7-19(17)8-4-6-18(17,22)14(16(11)21)9-15(13)23-12(2)20/h11,13-16,21-22H,3-10H2,1-2H3/t11-,13+,14+,15+,16?,17-,18-/m0/s1. The molecule has 4 fully saturated rings. The Hall–Kier alpha value is -0.650. The van der Waals surface area contributed by atoms with Crippen molar-refractivity contribution in [2.24, 2.45) is 17.8 Å². The summed E-state index contributed by atoms with van der Waals surface area (Å²) in [6, 6.07) is 0. The van der Waals surface area contributed by atoms with Crippen LogP contribution in [0.15, 0.2) is 0 Å². The molecule has 5 heteroatoms. The molecule has 2 N–H and O–H groups in total. The van der Waals surface area contributed by atoms with E-state index in [0.29, 0.717) is 6.42 Å². The smallest absolute Gasteiger partial charge is 0.302 e. The Kier molecular flexibility index (Phi) is 3.56. The minimum atomic E-state index is -0.834. The molecule has 2 aliphatic carbocycles. The zero-order chi connectivity index (χ0) is 16.4. The van der Waals surface area contributed by atoms with Gasteiger partial charge in [0.1, 0.15) is 6.10 Å². The van der Waals surface area contributed by atoms with Gasteiger partial charge in [0.25, 0.3) is 0 Å². The second-order valence-corrected chi connectivity index (χ2v) is 8.35. The molecular formula is C18H29NO4. The summed E-state index contributed by atoms with van der Waals surface area (Å²) in [7, 11) is 0. The molecule has 2 heterocycles. The minimum absolute atomic E-state index is 0.166. The van der Waals surface area contributed by atoms with Crippen LogP contribution in [0, 0.1) is 17.8 Å². The van der Waals surface area contributed by atoms with E-state index in [1.54, 1.807) is 0 Å². The summed E-state index contributed by atoms with van der Waals surface area (Å²) in [4.78, 5) is 14.1. The molecule has 2 saturated heterocycles. The van der Waals surface area contributed by atoms with E-state index in [1.165, 1.54) is 6.92 Å². The van der Waals surface area contributed by atoms with Crippen LogP contribution in [0.4, 0.5) is 0 Å². The Morgan fingerprint density at radius 2 is 2.00 bits per heavy atom. The van der Waals surface area contributed by atoms with Crippen LogP contribution in [0.1, 0.15) is 52.4 Å². The van der Waals surface area contributed by atoms with E-state index in [2.05, 4.69) is 11.8 Å². The van der Waals surface area contributed by atoms with Crippen LogP contribution < -0.4 is 0 Å². The third-order valence-corrected chi connectivity index (χ3v) is 7.35. The molecule has 0 aromatic rings. The van der Waals surface area contributed by atoms with Gasteiger partial charge in [-0.25, -0.2) is 0 Å².